The van der Waals surface area contributed by atoms with Gasteiger partial charge in [0.1, 0.15) is 0 Å². The van der Waals surface area contributed by atoms with Crippen molar-refractivity contribution in [3.8, 4) is 0 Å². The average Bonchev–Trinajstić information content (AvgIpc) is 2.87. The molecule has 0 saturated carbocycles. The molecule has 4 rings (SSSR count). The molecule has 0 aromatic heterocycles. The van der Waals surface area contributed by atoms with Crippen LogP contribution in [0.15, 0.2) is 86.2 Å². The minimum Gasteiger partial charge on any atom is -0.354 e. The summed E-state index contributed by atoms with van der Waals surface area (Å²) in [5, 5.41) is 10.9. The summed E-state index contributed by atoms with van der Waals surface area (Å²) in [6.07, 6.45) is 0. The molecule has 0 amide bonds. The molecule has 3 nitrogen and oxygen atoms in total. The zero-order valence-electron chi connectivity index (χ0n) is 23.3. The van der Waals surface area contributed by atoms with E-state index >= 15 is 0 Å². The van der Waals surface area contributed by atoms with Crippen LogP contribution in [0.2, 0.25) is 0 Å². The van der Waals surface area contributed by atoms with E-state index in [9.17, 15) is 0 Å². The summed E-state index contributed by atoms with van der Waals surface area (Å²) >= 11 is 11.3. The van der Waals surface area contributed by atoms with E-state index in [0.717, 1.165) is 47.5 Å². The molecule has 4 aromatic rings. The molecule has 0 spiro atoms. The molecular formula is C33H36Br3N3. The number of anilines is 6. The highest BCUT2D eigenvalue weighted by Gasteiger charge is 2.11. The average molecular weight is 714 g/mol. The van der Waals surface area contributed by atoms with Crippen molar-refractivity contribution in [1.29, 1.82) is 0 Å². The van der Waals surface area contributed by atoms with Crippen molar-refractivity contribution < 1.29 is 0 Å². The van der Waals surface area contributed by atoms with Crippen LogP contribution in [0.4, 0.5) is 34.1 Å². The van der Waals surface area contributed by atoms with Crippen molar-refractivity contribution in [2.75, 3.05) is 16.0 Å². The fraction of sp³-hybridized carbons (Fsp3) is 0.273. The molecule has 0 bridgehead atoms. The van der Waals surface area contributed by atoms with Crippen LogP contribution in [0.5, 0.6) is 0 Å². The van der Waals surface area contributed by atoms with Crippen LogP contribution in [0, 0.1) is 0 Å². The van der Waals surface area contributed by atoms with Crippen LogP contribution >= 0.6 is 47.8 Å². The van der Waals surface area contributed by atoms with Crippen molar-refractivity contribution in [3.05, 3.63) is 103 Å². The summed E-state index contributed by atoms with van der Waals surface area (Å²) in [4.78, 5) is 0. The van der Waals surface area contributed by atoms with Gasteiger partial charge in [-0.3, -0.25) is 0 Å². The Bertz CT molecular complexity index is 1270. The molecule has 0 saturated heterocycles. The Morgan fingerprint density at radius 2 is 0.667 bits per heavy atom. The third-order valence-corrected chi connectivity index (χ3v) is 8.72. The van der Waals surface area contributed by atoms with Gasteiger partial charge >= 0.3 is 0 Å². The van der Waals surface area contributed by atoms with Gasteiger partial charge in [-0.1, -0.05) is 59.7 Å². The van der Waals surface area contributed by atoms with Crippen LogP contribution in [0.25, 0.3) is 0 Å². The highest BCUT2D eigenvalue weighted by Crippen LogP contribution is 2.36. The first kappa shape index (κ1) is 29.7. The second-order valence-electron chi connectivity index (χ2n) is 10.9. The summed E-state index contributed by atoms with van der Waals surface area (Å²) < 4.78 is 3.13. The SMILES string of the molecule is CC(C)c1ccc(Nc2cc(Nc3ccc(C(C)C)cc3Br)cc(Nc3ccc(C(C)C)cc3Br)c2)c(Br)c1. The lowest BCUT2D eigenvalue weighted by Crippen LogP contribution is -2.00. The van der Waals surface area contributed by atoms with Gasteiger partial charge < -0.3 is 16.0 Å². The monoisotopic (exact) mass is 711 g/mol. The van der Waals surface area contributed by atoms with Crippen molar-refractivity contribution in [2.45, 2.75) is 59.3 Å². The minimum atomic E-state index is 0.472. The van der Waals surface area contributed by atoms with Crippen molar-refractivity contribution in [3.63, 3.8) is 0 Å². The van der Waals surface area contributed by atoms with E-state index < -0.39 is 0 Å². The van der Waals surface area contributed by atoms with Gasteiger partial charge in [-0.15, -0.1) is 0 Å². The minimum absolute atomic E-state index is 0.472. The van der Waals surface area contributed by atoms with Crippen LogP contribution in [0.1, 0.15) is 76.0 Å². The summed E-state index contributed by atoms with van der Waals surface area (Å²) in [7, 11) is 0. The summed E-state index contributed by atoms with van der Waals surface area (Å²) in [6.45, 7) is 13.2. The normalized spacial score (nSPS) is 11.4. The number of halogens is 3. The molecule has 0 radical (unpaired) electrons. The Morgan fingerprint density at radius 3 is 0.872 bits per heavy atom. The van der Waals surface area contributed by atoms with Crippen molar-refractivity contribution >= 4 is 81.9 Å². The van der Waals surface area contributed by atoms with E-state index in [-0.39, 0.29) is 0 Å². The molecular weight excluding hydrogens is 678 g/mol. The second-order valence-corrected chi connectivity index (χ2v) is 13.4. The van der Waals surface area contributed by atoms with Crippen molar-refractivity contribution in [1.82, 2.24) is 0 Å². The fourth-order valence-electron chi connectivity index (χ4n) is 4.29. The third-order valence-electron chi connectivity index (χ3n) is 6.75. The van der Waals surface area contributed by atoms with Gasteiger partial charge in [0.25, 0.3) is 0 Å². The lowest BCUT2D eigenvalue weighted by molar-refractivity contribution is 0.866. The molecule has 39 heavy (non-hydrogen) atoms. The number of hydrogen-bond donors (Lipinski definition) is 3. The first-order valence-electron chi connectivity index (χ1n) is 13.3. The smallest absolute Gasteiger partial charge is 0.0528 e. The van der Waals surface area contributed by atoms with Crippen LogP contribution in [0.3, 0.4) is 0 Å². The molecule has 204 valence electrons. The van der Waals surface area contributed by atoms with E-state index in [1.54, 1.807) is 0 Å². The van der Waals surface area contributed by atoms with Gasteiger partial charge in [0.05, 0.1) is 17.1 Å². The number of hydrogen-bond acceptors (Lipinski definition) is 3. The van der Waals surface area contributed by atoms with Crippen LogP contribution < -0.4 is 16.0 Å². The maximum atomic E-state index is 3.77. The molecule has 0 fully saturated rings. The quantitative estimate of drug-likeness (QED) is 0.162. The standard InChI is InChI=1S/C33H36Br3N3/c1-19(2)22-7-10-31(28(34)13-22)37-25-16-26(38-32-11-8-23(20(3)4)14-29(32)35)18-27(17-25)39-33-12-9-24(21(5)6)15-30(33)36/h7-21,37-39H,1-6H3. The zero-order chi connectivity index (χ0) is 28.3. The van der Waals surface area contributed by atoms with Gasteiger partial charge in [-0.2, -0.15) is 0 Å². The van der Waals surface area contributed by atoms with Gasteiger partial charge in [0.15, 0.2) is 0 Å². The summed E-state index contributed by atoms with van der Waals surface area (Å²) in [5.41, 5.74) is 9.90. The van der Waals surface area contributed by atoms with Crippen molar-refractivity contribution in [2.24, 2.45) is 0 Å². The van der Waals surface area contributed by atoms with Gasteiger partial charge in [0, 0.05) is 30.5 Å². The molecule has 0 atom stereocenters. The predicted molar refractivity (Wildman–Crippen MR) is 181 cm³/mol. The van der Waals surface area contributed by atoms with E-state index in [1.165, 1.54) is 16.7 Å². The first-order valence-corrected chi connectivity index (χ1v) is 15.7. The van der Waals surface area contributed by atoms with Crippen LogP contribution in [-0.4, -0.2) is 0 Å². The second kappa shape index (κ2) is 12.9. The Balaban J connectivity index is 1.70. The molecule has 3 N–H and O–H groups in total. The molecule has 4 aromatic carbocycles. The Morgan fingerprint density at radius 1 is 0.410 bits per heavy atom. The molecule has 0 aliphatic carbocycles. The van der Waals surface area contributed by atoms with Gasteiger partial charge in [-0.25, -0.2) is 0 Å². The lowest BCUT2D eigenvalue weighted by atomic mass is 10.0. The Kier molecular flexibility index (Phi) is 9.84. The van der Waals surface area contributed by atoms with Gasteiger partial charge in [-0.05, 0) is 137 Å². The third kappa shape index (κ3) is 7.68. The highest BCUT2D eigenvalue weighted by atomic mass is 79.9. The number of benzene rings is 4. The number of nitrogens with one attached hydrogen (secondary N) is 3. The van der Waals surface area contributed by atoms with E-state index in [2.05, 4.69) is 178 Å². The fourth-order valence-corrected chi connectivity index (χ4v) is 5.77. The highest BCUT2D eigenvalue weighted by molar-refractivity contribution is 9.11. The maximum absolute atomic E-state index is 3.77. The Hall–Kier alpha value is -2.28. The van der Waals surface area contributed by atoms with Crippen LogP contribution in [-0.2, 0) is 0 Å². The molecule has 0 unspecified atom stereocenters. The molecule has 6 heteroatoms. The van der Waals surface area contributed by atoms with E-state index in [1.807, 2.05) is 0 Å². The van der Waals surface area contributed by atoms with E-state index in [0.29, 0.717) is 17.8 Å². The molecule has 0 heterocycles. The molecule has 0 aliphatic heterocycles. The topological polar surface area (TPSA) is 36.1 Å². The summed E-state index contributed by atoms with van der Waals surface area (Å²) in [6, 6.07) is 25.9. The zero-order valence-corrected chi connectivity index (χ0v) is 28.1. The molecule has 0 aliphatic rings. The Labute approximate surface area is 258 Å². The predicted octanol–water partition coefficient (Wildman–Crippen LogP) is 12.6. The lowest BCUT2D eigenvalue weighted by Gasteiger charge is -2.18. The number of rotatable bonds is 9. The van der Waals surface area contributed by atoms with Gasteiger partial charge in [0.2, 0.25) is 0 Å². The maximum Gasteiger partial charge on any atom is 0.0528 e. The first-order chi connectivity index (χ1) is 18.5. The van der Waals surface area contributed by atoms with E-state index in [4.69, 9.17) is 0 Å². The summed E-state index contributed by atoms with van der Waals surface area (Å²) in [5.74, 6) is 1.42. The largest absolute Gasteiger partial charge is 0.354 e.